The number of aromatic amines is 1. The molecule has 37 heavy (non-hydrogen) atoms. The van der Waals surface area contributed by atoms with Crippen molar-refractivity contribution in [1.29, 1.82) is 0 Å². The van der Waals surface area contributed by atoms with Crippen LogP contribution in [0.1, 0.15) is 16.7 Å². The van der Waals surface area contributed by atoms with Crippen LogP contribution in [0.25, 0.3) is 0 Å². The van der Waals surface area contributed by atoms with Crippen molar-refractivity contribution < 1.29 is 24.4 Å². The van der Waals surface area contributed by atoms with Crippen molar-refractivity contribution in [2.45, 2.75) is 29.2 Å². The summed E-state index contributed by atoms with van der Waals surface area (Å²) in [5.74, 6) is -3.46. The summed E-state index contributed by atoms with van der Waals surface area (Å²) in [4.78, 5) is 26.6. The second-order valence-electron chi connectivity index (χ2n) is 8.94. The number of alkyl halides is 1. The van der Waals surface area contributed by atoms with Crippen LogP contribution in [0.15, 0.2) is 113 Å². The van der Waals surface area contributed by atoms with Crippen molar-refractivity contribution in [3.8, 4) is 0 Å². The Bertz CT molecular complexity index is 1400. The summed E-state index contributed by atoms with van der Waals surface area (Å²) in [6.45, 7) is -0.859. The second-order valence-corrected chi connectivity index (χ2v) is 8.94. The van der Waals surface area contributed by atoms with E-state index in [9.17, 15) is 24.9 Å². The quantitative estimate of drug-likeness (QED) is 0.296. The Morgan fingerprint density at radius 3 is 1.73 bits per heavy atom. The smallest absolute Gasteiger partial charge is 0.332 e. The van der Waals surface area contributed by atoms with Crippen molar-refractivity contribution >= 4 is 0 Å². The molecule has 0 bridgehead atoms. The minimum absolute atomic E-state index is 0.385. The van der Waals surface area contributed by atoms with E-state index in [1.165, 1.54) is 0 Å². The summed E-state index contributed by atoms with van der Waals surface area (Å²) >= 11 is 0. The lowest BCUT2D eigenvalue weighted by atomic mass is 9.56. The highest BCUT2D eigenvalue weighted by molar-refractivity contribution is 5.56. The highest BCUT2D eigenvalue weighted by Crippen LogP contribution is 2.59. The molecule has 4 N–H and O–H groups in total. The van der Waals surface area contributed by atoms with Gasteiger partial charge in [0.1, 0.15) is 12.2 Å². The van der Waals surface area contributed by atoms with Gasteiger partial charge >= 0.3 is 11.7 Å². The SMILES string of the molecule is O=c1ccn([C@]2(F)O[C@H](CO)[C@@H](O)[C@]2(O)C(c2ccccc2)(c2ccccc2)c2ccccc2)c(=O)[nH]1. The molecule has 0 amide bonds. The molecule has 9 heteroatoms. The Balaban J connectivity index is 1.98. The fourth-order valence-corrected chi connectivity index (χ4v) is 5.51. The van der Waals surface area contributed by atoms with Crippen LogP contribution in [0.5, 0.6) is 0 Å². The highest BCUT2D eigenvalue weighted by atomic mass is 19.2. The average molecular weight is 505 g/mol. The zero-order valence-corrected chi connectivity index (χ0v) is 19.6. The molecule has 4 atom stereocenters. The number of aliphatic hydroxyl groups excluding tert-OH is 2. The number of aromatic nitrogens is 2. The van der Waals surface area contributed by atoms with E-state index in [-0.39, 0.29) is 0 Å². The maximum atomic E-state index is 17.6. The molecule has 1 saturated heterocycles. The van der Waals surface area contributed by atoms with Gasteiger partial charge in [-0.05, 0) is 16.7 Å². The van der Waals surface area contributed by atoms with Crippen LogP contribution in [0.3, 0.4) is 0 Å². The molecule has 2 heterocycles. The van der Waals surface area contributed by atoms with Gasteiger partial charge in [-0.15, -0.1) is 0 Å². The van der Waals surface area contributed by atoms with Crippen LogP contribution in [0, 0.1) is 0 Å². The van der Waals surface area contributed by atoms with Crippen LogP contribution in [0.4, 0.5) is 4.39 Å². The average Bonchev–Trinajstić information content (AvgIpc) is 3.13. The summed E-state index contributed by atoms with van der Waals surface area (Å²) in [5.41, 5.74) is -5.68. The van der Waals surface area contributed by atoms with Crippen LogP contribution in [-0.2, 0) is 16.1 Å². The molecule has 0 unspecified atom stereocenters. The molecular formula is C28H25FN2O6. The second kappa shape index (κ2) is 9.20. The van der Waals surface area contributed by atoms with E-state index in [0.29, 0.717) is 21.3 Å². The largest absolute Gasteiger partial charge is 0.394 e. The number of H-pyrrole nitrogens is 1. The molecule has 0 aliphatic carbocycles. The standard InChI is InChI=1S/C28H25FN2O6/c29-28(31-17-16-23(33)30-25(31)35)27(36,24(34)22(18-32)37-28)26(19-10-4-1-5-11-19,20-12-6-2-7-13-20)21-14-8-3-9-15-21/h1-17,22,24,32,34,36H,18H2,(H,30,33,35)/t22-,24-,27+,28+/m1/s1. The van der Waals surface area contributed by atoms with E-state index in [4.69, 9.17) is 4.74 Å². The first kappa shape index (κ1) is 24.8. The van der Waals surface area contributed by atoms with Gasteiger partial charge in [0.05, 0.1) is 12.0 Å². The third-order valence-corrected chi connectivity index (χ3v) is 7.06. The van der Waals surface area contributed by atoms with Gasteiger partial charge in [-0.25, -0.2) is 9.36 Å². The first-order valence-corrected chi connectivity index (χ1v) is 11.7. The minimum Gasteiger partial charge on any atom is -0.394 e. The van der Waals surface area contributed by atoms with Gasteiger partial charge < -0.3 is 20.1 Å². The number of hydrogen-bond donors (Lipinski definition) is 4. The summed E-state index contributed by atoms with van der Waals surface area (Å²) in [6, 6.07) is 26.4. The number of nitrogens with one attached hydrogen (secondary N) is 1. The lowest BCUT2D eigenvalue weighted by molar-refractivity contribution is -0.293. The van der Waals surface area contributed by atoms with Crippen molar-refractivity contribution in [3.05, 3.63) is 141 Å². The van der Waals surface area contributed by atoms with E-state index >= 15 is 4.39 Å². The molecule has 1 aliphatic heterocycles. The normalized spacial score (nSPS) is 25.7. The molecule has 1 fully saturated rings. The van der Waals surface area contributed by atoms with Crippen molar-refractivity contribution in [2.24, 2.45) is 0 Å². The van der Waals surface area contributed by atoms with Crippen LogP contribution >= 0.6 is 0 Å². The number of rotatable bonds is 6. The molecule has 190 valence electrons. The zero-order chi connectivity index (χ0) is 26.3. The minimum atomic E-state index is -3.46. The Hall–Kier alpha value is -3.89. The predicted molar refractivity (Wildman–Crippen MR) is 133 cm³/mol. The number of nitrogens with zero attached hydrogens (tertiary/aromatic N) is 1. The van der Waals surface area contributed by atoms with E-state index in [1.807, 2.05) is 4.98 Å². The third kappa shape index (κ3) is 3.43. The lowest BCUT2D eigenvalue weighted by Gasteiger charge is -2.51. The number of aliphatic hydroxyl groups is 3. The predicted octanol–water partition coefficient (Wildman–Crippen LogP) is 1.63. The molecule has 8 nitrogen and oxygen atoms in total. The molecule has 3 aromatic carbocycles. The molecule has 5 rings (SSSR count). The Kier molecular flexibility index (Phi) is 6.17. The Labute approximate surface area is 210 Å². The van der Waals surface area contributed by atoms with Gasteiger partial charge in [0.15, 0.2) is 5.60 Å². The van der Waals surface area contributed by atoms with Gasteiger partial charge in [0, 0.05) is 12.3 Å². The summed E-state index contributed by atoms with van der Waals surface area (Å²) < 4.78 is 23.6. The van der Waals surface area contributed by atoms with E-state index in [2.05, 4.69) is 0 Å². The number of benzene rings is 3. The Morgan fingerprint density at radius 2 is 1.32 bits per heavy atom. The van der Waals surface area contributed by atoms with Gasteiger partial charge in [-0.3, -0.25) is 9.78 Å². The molecule has 1 aliphatic rings. The lowest BCUT2D eigenvalue weighted by Crippen LogP contribution is -2.69. The topological polar surface area (TPSA) is 125 Å². The van der Waals surface area contributed by atoms with Crippen LogP contribution in [-0.4, -0.2) is 49.3 Å². The Morgan fingerprint density at radius 1 is 0.865 bits per heavy atom. The van der Waals surface area contributed by atoms with Crippen molar-refractivity contribution in [2.75, 3.05) is 6.61 Å². The summed E-state index contributed by atoms with van der Waals surface area (Å²) in [7, 11) is 0. The fraction of sp³-hybridized carbons (Fsp3) is 0.214. The van der Waals surface area contributed by atoms with Gasteiger partial charge in [-0.2, -0.15) is 4.39 Å². The molecule has 0 saturated carbocycles. The van der Waals surface area contributed by atoms with Crippen molar-refractivity contribution in [3.63, 3.8) is 0 Å². The van der Waals surface area contributed by atoms with E-state index in [0.717, 1.165) is 12.3 Å². The number of halogens is 1. The maximum Gasteiger partial charge on any atom is 0.332 e. The van der Waals surface area contributed by atoms with Crippen LogP contribution < -0.4 is 11.2 Å². The van der Waals surface area contributed by atoms with Crippen LogP contribution in [0.2, 0.25) is 0 Å². The molecular weight excluding hydrogens is 479 g/mol. The van der Waals surface area contributed by atoms with E-state index in [1.54, 1.807) is 91.0 Å². The van der Waals surface area contributed by atoms with Gasteiger partial charge in [0.2, 0.25) is 0 Å². The summed E-state index contributed by atoms with van der Waals surface area (Å²) in [5, 5.41) is 34.4. The third-order valence-electron chi connectivity index (χ3n) is 7.06. The highest BCUT2D eigenvalue weighted by Gasteiger charge is 2.77. The molecule has 0 radical (unpaired) electrons. The van der Waals surface area contributed by atoms with E-state index < -0.39 is 47.1 Å². The molecule has 4 aromatic rings. The first-order chi connectivity index (χ1) is 17.8. The number of hydrogen-bond acceptors (Lipinski definition) is 6. The summed E-state index contributed by atoms with van der Waals surface area (Å²) in [6.07, 6.45) is -2.81. The number of ether oxygens (including phenoxy) is 1. The molecule has 1 aromatic heterocycles. The maximum absolute atomic E-state index is 17.6. The van der Waals surface area contributed by atoms with Gasteiger partial charge in [-0.1, -0.05) is 91.0 Å². The molecule has 0 spiro atoms. The first-order valence-electron chi connectivity index (χ1n) is 11.7. The fourth-order valence-electron chi connectivity index (χ4n) is 5.51. The zero-order valence-electron chi connectivity index (χ0n) is 19.6. The monoisotopic (exact) mass is 504 g/mol. The van der Waals surface area contributed by atoms with Gasteiger partial charge in [0.25, 0.3) is 5.56 Å². The van der Waals surface area contributed by atoms with Crippen molar-refractivity contribution in [1.82, 2.24) is 9.55 Å².